The zero-order valence-corrected chi connectivity index (χ0v) is 15.7. The Hall–Kier alpha value is -3.06. The Balaban J connectivity index is 2.00. The highest BCUT2D eigenvalue weighted by Crippen LogP contribution is 2.19. The zero-order chi connectivity index (χ0) is 19.6. The van der Waals surface area contributed by atoms with E-state index in [9.17, 15) is 9.59 Å². The van der Waals surface area contributed by atoms with Crippen LogP contribution in [-0.2, 0) is 9.53 Å². The Morgan fingerprint density at radius 1 is 1.00 bits per heavy atom. The minimum atomic E-state index is -0.747. The van der Waals surface area contributed by atoms with E-state index >= 15 is 0 Å². The van der Waals surface area contributed by atoms with Crippen LogP contribution in [0.2, 0.25) is 0 Å². The van der Waals surface area contributed by atoms with Gasteiger partial charge in [-0.3, -0.25) is 9.59 Å². The molecule has 0 fully saturated rings. The van der Waals surface area contributed by atoms with E-state index in [1.54, 1.807) is 69.7 Å². The molecular formula is C20H24N2O5. The molecule has 2 aromatic rings. The molecule has 1 atom stereocenters. The molecule has 2 aromatic carbocycles. The van der Waals surface area contributed by atoms with Gasteiger partial charge in [0.15, 0.2) is 6.10 Å². The van der Waals surface area contributed by atoms with Crippen molar-refractivity contribution in [2.24, 2.45) is 0 Å². The third kappa shape index (κ3) is 6.00. The fourth-order valence-electron chi connectivity index (χ4n) is 2.30. The number of ether oxygens (including phenoxy) is 3. The van der Waals surface area contributed by atoms with E-state index in [-0.39, 0.29) is 11.8 Å². The molecule has 0 spiro atoms. The first-order valence-electron chi connectivity index (χ1n) is 8.53. The summed E-state index contributed by atoms with van der Waals surface area (Å²) in [5.74, 6) is 0.603. The maximum absolute atomic E-state index is 12.5. The van der Waals surface area contributed by atoms with E-state index in [1.807, 2.05) is 0 Å². The van der Waals surface area contributed by atoms with Crippen molar-refractivity contribution in [1.82, 2.24) is 5.32 Å². The van der Waals surface area contributed by atoms with Gasteiger partial charge < -0.3 is 24.8 Å². The lowest BCUT2D eigenvalue weighted by Gasteiger charge is -2.16. The summed E-state index contributed by atoms with van der Waals surface area (Å²) in [5, 5.41) is 5.48. The van der Waals surface area contributed by atoms with Crippen molar-refractivity contribution >= 4 is 17.5 Å². The molecule has 0 aromatic heterocycles. The van der Waals surface area contributed by atoms with E-state index in [2.05, 4.69) is 10.6 Å². The standard InChI is InChI=1S/C20H24N2O5/c1-14(27-16-10-8-15(26-3)9-11-16)19(23)22-18-7-5-4-6-17(18)20(24)21-12-13-25-2/h4-11,14H,12-13H2,1-3H3,(H,21,24)(H,22,23)/t14-/m1/s1. The third-order valence-corrected chi connectivity index (χ3v) is 3.76. The van der Waals surface area contributed by atoms with Crippen molar-refractivity contribution in [3.63, 3.8) is 0 Å². The van der Waals surface area contributed by atoms with Crippen molar-refractivity contribution < 1.29 is 23.8 Å². The molecule has 2 N–H and O–H groups in total. The van der Waals surface area contributed by atoms with Crippen molar-refractivity contribution in [1.29, 1.82) is 0 Å². The molecular weight excluding hydrogens is 348 g/mol. The fraction of sp³-hybridized carbons (Fsp3) is 0.300. The quantitative estimate of drug-likeness (QED) is 0.661. The average molecular weight is 372 g/mol. The second-order valence-corrected chi connectivity index (χ2v) is 5.72. The number of rotatable bonds is 9. The maximum atomic E-state index is 12.5. The van der Waals surface area contributed by atoms with Crippen LogP contribution >= 0.6 is 0 Å². The molecule has 0 aliphatic rings. The smallest absolute Gasteiger partial charge is 0.265 e. The molecule has 0 heterocycles. The largest absolute Gasteiger partial charge is 0.497 e. The Morgan fingerprint density at radius 2 is 1.67 bits per heavy atom. The van der Waals surface area contributed by atoms with E-state index in [0.29, 0.717) is 35.9 Å². The molecule has 0 unspecified atom stereocenters. The minimum absolute atomic E-state index is 0.285. The number of amides is 2. The van der Waals surface area contributed by atoms with Crippen molar-refractivity contribution in [2.75, 3.05) is 32.7 Å². The molecule has 0 aliphatic carbocycles. The molecule has 27 heavy (non-hydrogen) atoms. The normalized spacial score (nSPS) is 11.4. The molecule has 0 aliphatic heterocycles. The van der Waals surface area contributed by atoms with Gasteiger partial charge in [-0.25, -0.2) is 0 Å². The second kappa shape index (κ2) is 10.2. The predicted octanol–water partition coefficient (Wildman–Crippen LogP) is 2.48. The summed E-state index contributed by atoms with van der Waals surface area (Å²) >= 11 is 0. The van der Waals surface area contributed by atoms with Gasteiger partial charge in [-0.15, -0.1) is 0 Å². The molecule has 7 heteroatoms. The first-order valence-corrected chi connectivity index (χ1v) is 8.53. The summed E-state index contributed by atoms with van der Waals surface area (Å²) in [4.78, 5) is 24.7. The van der Waals surface area contributed by atoms with Gasteiger partial charge in [-0.2, -0.15) is 0 Å². The Labute approximate surface area is 158 Å². The van der Waals surface area contributed by atoms with Gasteiger partial charge in [0.05, 0.1) is 25.0 Å². The zero-order valence-electron chi connectivity index (χ0n) is 15.7. The van der Waals surface area contributed by atoms with Gasteiger partial charge in [0.1, 0.15) is 11.5 Å². The number of anilines is 1. The van der Waals surface area contributed by atoms with Gasteiger partial charge in [0, 0.05) is 13.7 Å². The summed E-state index contributed by atoms with van der Waals surface area (Å²) < 4.78 is 15.7. The average Bonchev–Trinajstić information content (AvgIpc) is 2.69. The molecule has 0 saturated heterocycles. The molecule has 2 amide bonds. The maximum Gasteiger partial charge on any atom is 0.265 e. The SMILES string of the molecule is COCCNC(=O)c1ccccc1NC(=O)[C@@H](C)Oc1ccc(OC)cc1. The van der Waals surface area contributed by atoms with Crippen LogP contribution in [0.3, 0.4) is 0 Å². The van der Waals surface area contributed by atoms with Gasteiger partial charge in [-0.05, 0) is 43.3 Å². The summed E-state index contributed by atoms with van der Waals surface area (Å²) in [6, 6.07) is 13.7. The molecule has 144 valence electrons. The number of hydrogen-bond donors (Lipinski definition) is 2. The van der Waals surface area contributed by atoms with Gasteiger partial charge in [-0.1, -0.05) is 12.1 Å². The van der Waals surface area contributed by atoms with Crippen LogP contribution in [0.1, 0.15) is 17.3 Å². The van der Waals surface area contributed by atoms with Crippen molar-refractivity contribution in [3.05, 3.63) is 54.1 Å². The Kier molecular flexibility index (Phi) is 7.63. The molecule has 2 rings (SSSR count). The first kappa shape index (κ1) is 20.3. The van der Waals surface area contributed by atoms with Gasteiger partial charge in [0.2, 0.25) is 0 Å². The fourth-order valence-corrected chi connectivity index (χ4v) is 2.30. The van der Waals surface area contributed by atoms with Crippen LogP contribution in [0.15, 0.2) is 48.5 Å². The highest BCUT2D eigenvalue weighted by atomic mass is 16.5. The third-order valence-electron chi connectivity index (χ3n) is 3.76. The summed E-state index contributed by atoms with van der Waals surface area (Å²) in [7, 11) is 3.14. The van der Waals surface area contributed by atoms with E-state index < -0.39 is 6.10 Å². The highest BCUT2D eigenvalue weighted by Gasteiger charge is 2.18. The lowest BCUT2D eigenvalue weighted by Crippen LogP contribution is -2.32. The number of carbonyl (C=O) groups excluding carboxylic acids is 2. The summed E-state index contributed by atoms with van der Waals surface area (Å²) in [5.41, 5.74) is 0.793. The highest BCUT2D eigenvalue weighted by molar-refractivity contribution is 6.04. The number of hydrogen-bond acceptors (Lipinski definition) is 5. The predicted molar refractivity (Wildman–Crippen MR) is 102 cm³/mol. The summed E-state index contributed by atoms with van der Waals surface area (Å²) in [6.45, 7) is 2.43. The van der Waals surface area contributed by atoms with Crippen LogP contribution in [-0.4, -0.2) is 45.3 Å². The van der Waals surface area contributed by atoms with Crippen LogP contribution in [0.25, 0.3) is 0 Å². The van der Waals surface area contributed by atoms with Gasteiger partial charge >= 0.3 is 0 Å². The van der Waals surface area contributed by atoms with Crippen LogP contribution in [0.4, 0.5) is 5.69 Å². The minimum Gasteiger partial charge on any atom is -0.497 e. The van der Waals surface area contributed by atoms with E-state index in [4.69, 9.17) is 14.2 Å². The number of methoxy groups -OCH3 is 2. The van der Waals surface area contributed by atoms with E-state index in [0.717, 1.165) is 0 Å². The molecule has 0 bridgehead atoms. The van der Waals surface area contributed by atoms with Crippen LogP contribution < -0.4 is 20.1 Å². The van der Waals surface area contributed by atoms with E-state index in [1.165, 1.54) is 0 Å². The molecule has 0 saturated carbocycles. The van der Waals surface area contributed by atoms with Crippen molar-refractivity contribution in [3.8, 4) is 11.5 Å². The first-order chi connectivity index (χ1) is 13.0. The topological polar surface area (TPSA) is 85.9 Å². The Morgan fingerprint density at radius 3 is 2.33 bits per heavy atom. The number of benzene rings is 2. The number of nitrogens with one attached hydrogen (secondary N) is 2. The van der Waals surface area contributed by atoms with Gasteiger partial charge in [0.25, 0.3) is 11.8 Å². The number of para-hydroxylation sites is 1. The molecule has 0 radical (unpaired) electrons. The second-order valence-electron chi connectivity index (χ2n) is 5.72. The summed E-state index contributed by atoms with van der Waals surface area (Å²) in [6.07, 6.45) is -0.747. The lowest BCUT2D eigenvalue weighted by atomic mass is 10.1. The van der Waals surface area contributed by atoms with Crippen molar-refractivity contribution in [2.45, 2.75) is 13.0 Å². The number of carbonyl (C=O) groups is 2. The van der Waals surface area contributed by atoms with Crippen LogP contribution in [0.5, 0.6) is 11.5 Å². The Bertz CT molecular complexity index is 761. The van der Waals surface area contributed by atoms with Crippen LogP contribution in [0, 0.1) is 0 Å². The molecule has 7 nitrogen and oxygen atoms in total. The lowest BCUT2D eigenvalue weighted by molar-refractivity contribution is -0.122. The monoisotopic (exact) mass is 372 g/mol.